The summed E-state index contributed by atoms with van der Waals surface area (Å²) in [5.41, 5.74) is 0.630. The van der Waals surface area contributed by atoms with Gasteiger partial charge in [-0.05, 0) is 61.4 Å². The van der Waals surface area contributed by atoms with Gasteiger partial charge in [0.25, 0.3) is 0 Å². The number of carbonyl (C=O) groups is 1. The first-order valence-electron chi connectivity index (χ1n) is 6.84. The first-order chi connectivity index (χ1) is 10.3. The van der Waals surface area contributed by atoms with E-state index in [9.17, 15) is 4.79 Å². The van der Waals surface area contributed by atoms with Crippen molar-refractivity contribution in [3.8, 4) is 5.75 Å². The van der Waals surface area contributed by atoms with Crippen LogP contribution in [0.25, 0.3) is 6.08 Å². The van der Waals surface area contributed by atoms with Crippen molar-refractivity contribution in [2.24, 2.45) is 0 Å². The molecule has 1 aromatic heterocycles. The maximum Gasteiger partial charge on any atom is 0.185 e. The van der Waals surface area contributed by atoms with E-state index < -0.39 is 0 Å². The molecule has 0 spiro atoms. The maximum absolute atomic E-state index is 12.0. The number of halogens is 1. The molecule has 0 radical (unpaired) electrons. The molecule has 110 valence electrons. The fourth-order valence-corrected chi connectivity index (χ4v) is 2.14. The van der Waals surface area contributed by atoms with Crippen LogP contribution in [0.2, 0.25) is 0 Å². The Labute approximate surface area is 132 Å². The Kier molecular flexibility index (Phi) is 6.28. The van der Waals surface area contributed by atoms with Crippen LogP contribution in [-0.4, -0.2) is 17.7 Å². The molecule has 3 nitrogen and oxygen atoms in total. The summed E-state index contributed by atoms with van der Waals surface area (Å²) in [4.78, 5) is 12.0. The molecule has 1 aromatic carbocycles. The van der Waals surface area contributed by atoms with Gasteiger partial charge in [0.05, 0.1) is 12.9 Å². The predicted molar refractivity (Wildman–Crippen MR) is 87.0 cm³/mol. The van der Waals surface area contributed by atoms with Crippen molar-refractivity contribution in [2.45, 2.75) is 12.8 Å². The second-order valence-corrected chi connectivity index (χ2v) is 5.27. The lowest BCUT2D eigenvalue weighted by molar-refractivity contribution is 0.104. The summed E-state index contributed by atoms with van der Waals surface area (Å²) < 4.78 is 10.7. The molecule has 0 saturated heterocycles. The van der Waals surface area contributed by atoms with Crippen LogP contribution in [0.4, 0.5) is 0 Å². The molecule has 1 heterocycles. The molecule has 2 rings (SSSR count). The van der Waals surface area contributed by atoms with E-state index in [0.717, 1.165) is 23.9 Å². The molecular formula is C17H17BrO3. The molecule has 0 fully saturated rings. The number of alkyl halides is 1. The van der Waals surface area contributed by atoms with Crippen molar-refractivity contribution in [3.63, 3.8) is 0 Å². The summed E-state index contributed by atoms with van der Waals surface area (Å²) in [6, 6.07) is 10.8. The third-order valence-electron chi connectivity index (χ3n) is 2.88. The number of ketones is 1. The van der Waals surface area contributed by atoms with Crippen LogP contribution < -0.4 is 4.74 Å². The fraction of sp³-hybridized carbons (Fsp3) is 0.235. The van der Waals surface area contributed by atoms with E-state index in [1.54, 1.807) is 36.6 Å². The van der Waals surface area contributed by atoms with E-state index in [2.05, 4.69) is 15.9 Å². The van der Waals surface area contributed by atoms with Gasteiger partial charge >= 0.3 is 0 Å². The minimum absolute atomic E-state index is 0.0581. The number of unbranched alkanes of at least 4 members (excludes halogenated alkanes) is 1. The van der Waals surface area contributed by atoms with Gasteiger partial charge in [0, 0.05) is 10.9 Å². The van der Waals surface area contributed by atoms with Gasteiger partial charge < -0.3 is 9.15 Å². The van der Waals surface area contributed by atoms with E-state index >= 15 is 0 Å². The predicted octanol–water partition coefficient (Wildman–Crippen LogP) is 4.73. The van der Waals surface area contributed by atoms with Crippen molar-refractivity contribution < 1.29 is 13.9 Å². The number of furan rings is 1. The average molecular weight is 349 g/mol. The number of benzene rings is 1. The first-order valence-corrected chi connectivity index (χ1v) is 7.96. The van der Waals surface area contributed by atoms with E-state index in [1.165, 1.54) is 6.08 Å². The second-order valence-electron chi connectivity index (χ2n) is 4.48. The fourth-order valence-electron chi connectivity index (χ4n) is 1.74. The maximum atomic E-state index is 12.0. The molecule has 0 aliphatic heterocycles. The van der Waals surface area contributed by atoms with Crippen LogP contribution >= 0.6 is 15.9 Å². The highest BCUT2D eigenvalue weighted by molar-refractivity contribution is 9.09. The molecule has 0 aliphatic carbocycles. The first kappa shape index (κ1) is 15.6. The van der Waals surface area contributed by atoms with Gasteiger partial charge in [0.15, 0.2) is 5.78 Å². The van der Waals surface area contributed by atoms with Gasteiger partial charge in [0.1, 0.15) is 11.5 Å². The van der Waals surface area contributed by atoms with Crippen LogP contribution in [0.5, 0.6) is 5.75 Å². The minimum atomic E-state index is -0.0581. The van der Waals surface area contributed by atoms with Crippen LogP contribution in [0.15, 0.2) is 53.2 Å². The third-order valence-corrected chi connectivity index (χ3v) is 3.44. The second kappa shape index (κ2) is 8.47. The topological polar surface area (TPSA) is 39.4 Å². The lowest BCUT2D eigenvalue weighted by Gasteiger charge is -2.05. The van der Waals surface area contributed by atoms with Crippen LogP contribution in [0.3, 0.4) is 0 Å². The average Bonchev–Trinajstić information content (AvgIpc) is 3.03. The van der Waals surface area contributed by atoms with Gasteiger partial charge in [-0.15, -0.1) is 0 Å². The molecule has 21 heavy (non-hydrogen) atoms. The SMILES string of the molecule is O=C(C=Cc1ccco1)c1ccc(OCCCCBr)cc1. The van der Waals surface area contributed by atoms with Gasteiger partial charge in [-0.2, -0.15) is 0 Å². The number of allylic oxidation sites excluding steroid dienone is 1. The molecule has 0 amide bonds. The summed E-state index contributed by atoms with van der Waals surface area (Å²) in [5.74, 6) is 1.39. The molecule has 0 N–H and O–H groups in total. The number of hydrogen-bond donors (Lipinski definition) is 0. The van der Waals surface area contributed by atoms with Crippen molar-refractivity contribution in [1.82, 2.24) is 0 Å². The molecular weight excluding hydrogens is 332 g/mol. The van der Waals surface area contributed by atoms with Crippen LogP contribution in [0.1, 0.15) is 29.0 Å². The van der Waals surface area contributed by atoms with Crippen molar-refractivity contribution in [1.29, 1.82) is 0 Å². The highest BCUT2D eigenvalue weighted by atomic mass is 79.9. The summed E-state index contributed by atoms with van der Waals surface area (Å²) in [7, 11) is 0. The Morgan fingerprint density at radius 2 is 2.00 bits per heavy atom. The molecule has 0 saturated carbocycles. The Morgan fingerprint density at radius 3 is 2.67 bits per heavy atom. The Morgan fingerprint density at radius 1 is 1.19 bits per heavy atom. The standard InChI is InChI=1S/C17H17BrO3/c18-11-1-2-12-20-16-7-5-14(6-8-16)17(19)10-9-15-4-3-13-21-15/h3-10,13H,1-2,11-12H2. The van der Waals surface area contributed by atoms with E-state index in [0.29, 0.717) is 17.9 Å². The van der Waals surface area contributed by atoms with E-state index in [-0.39, 0.29) is 5.78 Å². The zero-order valence-corrected chi connectivity index (χ0v) is 13.2. The lowest BCUT2D eigenvalue weighted by atomic mass is 10.1. The zero-order chi connectivity index (χ0) is 14.9. The third kappa shape index (κ3) is 5.23. The number of carbonyl (C=O) groups excluding carboxylic acids is 1. The quantitative estimate of drug-likeness (QED) is 0.299. The summed E-state index contributed by atoms with van der Waals surface area (Å²) in [5, 5.41) is 0.992. The highest BCUT2D eigenvalue weighted by Gasteiger charge is 2.02. The molecule has 0 atom stereocenters. The van der Waals surface area contributed by atoms with Gasteiger partial charge in [-0.1, -0.05) is 15.9 Å². The van der Waals surface area contributed by atoms with Crippen LogP contribution in [0, 0.1) is 0 Å². The molecule has 0 unspecified atom stereocenters. The minimum Gasteiger partial charge on any atom is -0.494 e. The normalized spacial score (nSPS) is 10.9. The largest absolute Gasteiger partial charge is 0.494 e. The highest BCUT2D eigenvalue weighted by Crippen LogP contribution is 2.14. The van der Waals surface area contributed by atoms with Gasteiger partial charge in [-0.25, -0.2) is 0 Å². The zero-order valence-electron chi connectivity index (χ0n) is 11.6. The molecule has 0 aliphatic rings. The Bertz CT molecular complexity index is 571. The van der Waals surface area contributed by atoms with Crippen molar-refractivity contribution in [2.75, 3.05) is 11.9 Å². The number of ether oxygens (including phenoxy) is 1. The van der Waals surface area contributed by atoms with Crippen molar-refractivity contribution >= 4 is 27.8 Å². The van der Waals surface area contributed by atoms with Crippen LogP contribution in [-0.2, 0) is 0 Å². The summed E-state index contributed by atoms with van der Waals surface area (Å²) in [6.07, 6.45) is 6.84. The number of hydrogen-bond acceptors (Lipinski definition) is 3. The lowest BCUT2D eigenvalue weighted by Crippen LogP contribution is -1.99. The van der Waals surface area contributed by atoms with E-state index in [4.69, 9.17) is 9.15 Å². The summed E-state index contributed by atoms with van der Waals surface area (Å²) in [6.45, 7) is 0.692. The molecule has 0 bridgehead atoms. The smallest absolute Gasteiger partial charge is 0.185 e. The number of rotatable bonds is 8. The monoisotopic (exact) mass is 348 g/mol. The Hall–Kier alpha value is -1.81. The Balaban J connectivity index is 1.87. The summed E-state index contributed by atoms with van der Waals surface area (Å²) >= 11 is 3.38. The van der Waals surface area contributed by atoms with Gasteiger partial charge in [-0.3, -0.25) is 4.79 Å². The molecule has 2 aromatic rings. The molecule has 4 heteroatoms. The van der Waals surface area contributed by atoms with Crippen molar-refractivity contribution in [3.05, 3.63) is 60.1 Å². The van der Waals surface area contributed by atoms with Gasteiger partial charge in [0.2, 0.25) is 0 Å². The van der Waals surface area contributed by atoms with E-state index in [1.807, 2.05) is 12.1 Å².